The van der Waals surface area contributed by atoms with E-state index in [0.717, 1.165) is 45.0 Å². The molecule has 0 aliphatic rings. The molecule has 0 spiro atoms. The smallest absolute Gasteiger partial charge is 0.122 e. The van der Waals surface area contributed by atoms with Crippen LogP contribution in [0.15, 0.2) is 121 Å². The summed E-state index contributed by atoms with van der Waals surface area (Å²) in [6.07, 6.45) is 0. The Bertz CT molecular complexity index is 1430. The number of rotatable bonds is 7. The van der Waals surface area contributed by atoms with E-state index in [1.165, 1.54) is 0 Å². The molecule has 0 N–H and O–H groups in total. The predicted molar refractivity (Wildman–Crippen MR) is 141 cm³/mol. The van der Waals surface area contributed by atoms with Crippen LogP contribution in [0.25, 0.3) is 33.9 Å². The molecule has 0 atom stereocenters. The standard InChI is InChI=1S/C30H24N6/c1-5-13-23(14-6-1)21-35-29(27(31-33-35)25-17-9-3-10-18-25)30-28(26-19-11-4-12-20-26)32-34-36(30)22-24-15-7-2-8-16-24/h1-20H,21-22H2. The van der Waals surface area contributed by atoms with Crippen molar-refractivity contribution in [3.05, 3.63) is 132 Å². The van der Waals surface area contributed by atoms with Crippen LogP contribution in [0.5, 0.6) is 0 Å². The van der Waals surface area contributed by atoms with Gasteiger partial charge in [0.2, 0.25) is 0 Å². The summed E-state index contributed by atoms with van der Waals surface area (Å²) in [5, 5.41) is 18.6. The minimum Gasteiger partial charge on any atom is -0.238 e. The Hall–Kier alpha value is -4.84. The molecular weight excluding hydrogens is 444 g/mol. The highest BCUT2D eigenvalue weighted by molar-refractivity contribution is 5.84. The molecule has 2 aromatic heterocycles. The van der Waals surface area contributed by atoms with Crippen LogP contribution in [0.3, 0.4) is 0 Å². The highest BCUT2D eigenvalue weighted by Crippen LogP contribution is 2.36. The highest BCUT2D eigenvalue weighted by atomic mass is 15.5. The van der Waals surface area contributed by atoms with Crippen molar-refractivity contribution in [3.63, 3.8) is 0 Å². The van der Waals surface area contributed by atoms with Gasteiger partial charge < -0.3 is 0 Å². The molecule has 0 aliphatic carbocycles. The van der Waals surface area contributed by atoms with E-state index >= 15 is 0 Å². The van der Waals surface area contributed by atoms with Crippen molar-refractivity contribution in [3.8, 4) is 33.9 Å². The van der Waals surface area contributed by atoms with Crippen LogP contribution in [0, 0.1) is 0 Å². The van der Waals surface area contributed by atoms with Crippen LogP contribution in [-0.2, 0) is 13.1 Å². The first-order valence-corrected chi connectivity index (χ1v) is 11.9. The Morgan fingerprint density at radius 3 is 1.11 bits per heavy atom. The highest BCUT2D eigenvalue weighted by Gasteiger charge is 2.26. The topological polar surface area (TPSA) is 61.4 Å². The molecule has 36 heavy (non-hydrogen) atoms. The molecule has 174 valence electrons. The number of hydrogen-bond donors (Lipinski definition) is 0. The van der Waals surface area contributed by atoms with Gasteiger partial charge in [0.1, 0.15) is 22.8 Å². The molecule has 0 radical (unpaired) electrons. The first-order valence-electron chi connectivity index (χ1n) is 11.9. The van der Waals surface area contributed by atoms with Crippen molar-refractivity contribution >= 4 is 0 Å². The predicted octanol–water partition coefficient (Wildman–Crippen LogP) is 5.97. The number of hydrogen-bond acceptors (Lipinski definition) is 4. The van der Waals surface area contributed by atoms with E-state index in [2.05, 4.69) is 69.2 Å². The van der Waals surface area contributed by atoms with Crippen LogP contribution >= 0.6 is 0 Å². The van der Waals surface area contributed by atoms with E-state index in [-0.39, 0.29) is 0 Å². The lowest BCUT2D eigenvalue weighted by atomic mass is 10.0. The minimum absolute atomic E-state index is 0.584. The van der Waals surface area contributed by atoms with E-state index in [1.54, 1.807) is 0 Å². The Morgan fingerprint density at radius 2 is 0.750 bits per heavy atom. The lowest BCUT2D eigenvalue weighted by Gasteiger charge is -2.13. The third-order valence-electron chi connectivity index (χ3n) is 6.14. The van der Waals surface area contributed by atoms with Gasteiger partial charge in [-0.25, -0.2) is 9.36 Å². The van der Waals surface area contributed by atoms with Gasteiger partial charge in [-0.15, -0.1) is 10.2 Å². The van der Waals surface area contributed by atoms with Crippen LogP contribution in [-0.4, -0.2) is 30.0 Å². The fourth-order valence-electron chi connectivity index (χ4n) is 4.41. The third-order valence-corrected chi connectivity index (χ3v) is 6.14. The van der Waals surface area contributed by atoms with E-state index in [1.807, 2.05) is 82.2 Å². The second-order valence-electron chi connectivity index (χ2n) is 8.59. The van der Waals surface area contributed by atoms with Gasteiger partial charge in [-0.2, -0.15) is 0 Å². The largest absolute Gasteiger partial charge is 0.238 e. The molecule has 6 aromatic rings. The Balaban J connectivity index is 1.58. The van der Waals surface area contributed by atoms with Gasteiger partial charge in [-0.3, -0.25) is 0 Å². The molecule has 0 saturated heterocycles. The average Bonchev–Trinajstić information content (AvgIpc) is 3.54. The Kier molecular flexibility index (Phi) is 5.90. The van der Waals surface area contributed by atoms with Crippen molar-refractivity contribution in [1.29, 1.82) is 0 Å². The number of aromatic nitrogens is 6. The normalized spacial score (nSPS) is 11.0. The van der Waals surface area contributed by atoms with Gasteiger partial charge in [0.05, 0.1) is 13.1 Å². The summed E-state index contributed by atoms with van der Waals surface area (Å²) in [5.41, 5.74) is 7.69. The van der Waals surface area contributed by atoms with E-state index < -0.39 is 0 Å². The molecule has 2 heterocycles. The molecule has 4 aromatic carbocycles. The van der Waals surface area contributed by atoms with Crippen LogP contribution in [0.4, 0.5) is 0 Å². The third kappa shape index (κ3) is 4.32. The van der Waals surface area contributed by atoms with Crippen molar-refractivity contribution < 1.29 is 0 Å². The summed E-state index contributed by atoms with van der Waals surface area (Å²) < 4.78 is 3.93. The lowest BCUT2D eigenvalue weighted by molar-refractivity contribution is 0.630. The van der Waals surface area contributed by atoms with Gasteiger partial charge in [-0.05, 0) is 11.1 Å². The molecule has 0 amide bonds. The maximum atomic E-state index is 4.67. The monoisotopic (exact) mass is 468 g/mol. The molecule has 0 fully saturated rings. The summed E-state index contributed by atoms with van der Waals surface area (Å²) in [7, 11) is 0. The SMILES string of the molecule is c1ccc(Cn2nnc(-c3ccccc3)c2-c2c(-c3ccccc3)nnn2Cc2ccccc2)cc1. The summed E-state index contributed by atoms with van der Waals surface area (Å²) in [6, 6.07) is 41.0. The zero-order valence-electron chi connectivity index (χ0n) is 19.6. The first kappa shape index (κ1) is 21.7. The van der Waals surface area contributed by atoms with Gasteiger partial charge in [-0.1, -0.05) is 132 Å². The van der Waals surface area contributed by atoms with E-state index in [9.17, 15) is 0 Å². The molecule has 6 heteroatoms. The van der Waals surface area contributed by atoms with Crippen molar-refractivity contribution in [2.45, 2.75) is 13.1 Å². The molecular formula is C30H24N6. The summed E-state index contributed by atoms with van der Waals surface area (Å²) in [6.45, 7) is 1.17. The fourth-order valence-corrected chi connectivity index (χ4v) is 4.41. The molecule has 0 saturated carbocycles. The summed E-state index contributed by atoms with van der Waals surface area (Å²) in [4.78, 5) is 0. The fraction of sp³-hybridized carbons (Fsp3) is 0.0667. The maximum absolute atomic E-state index is 4.67. The second-order valence-corrected chi connectivity index (χ2v) is 8.59. The van der Waals surface area contributed by atoms with Crippen molar-refractivity contribution in [2.24, 2.45) is 0 Å². The van der Waals surface area contributed by atoms with Gasteiger partial charge in [0.15, 0.2) is 0 Å². The van der Waals surface area contributed by atoms with Crippen LogP contribution < -0.4 is 0 Å². The first-order chi connectivity index (χ1) is 17.9. The number of nitrogens with zero attached hydrogens (tertiary/aromatic N) is 6. The van der Waals surface area contributed by atoms with Gasteiger partial charge >= 0.3 is 0 Å². The lowest BCUT2D eigenvalue weighted by Crippen LogP contribution is -2.10. The van der Waals surface area contributed by atoms with Crippen molar-refractivity contribution in [2.75, 3.05) is 0 Å². The zero-order chi connectivity index (χ0) is 24.2. The quantitative estimate of drug-likeness (QED) is 0.290. The van der Waals surface area contributed by atoms with Crippen LogP contribution in [0.2, 0.25) is 0 Å². The van der Waals surface area contributed by atoms with Crippen LogP contribution in [0.1, 0.15) is 11.1 Å². The Morgan fingerprint density at radius 1 is 0.417 bits per heavy atom. The van der Waals surface area contributed by atoms with E-state index in [4.69, 9.17) is 0 Å². The molecule has 0 unspecified atom stereocenters. The summed E-state index contributed by atoms with van der Waals surface area (Å²) in [5.74, 6) is 0. The number of benzene rings is 4. The minimum atomic E-state index is 0.584. The molecule has 0 aliphatic heterocycles. The van der Waals surface area contributed by atoms with E-state index in [0.29, 0.717) is 13.1 Å². The molecule has 6 nitrogen and oxygen atoms in total. The van der Waals surface area contributed by atoms with Gasteiger partial charge in [0, 0.05) is 11.1 Å². The zero-order valence-corrected chi connectivity index (χ0v) is 19.6. The van der Waals surface area contributed by atoms with Crippen molar-refractivity contribution in [1.82, 2.24) is 30.0 Å². The second kappa shape index (κ2) is 9.80. The Labute approximate surface area is 209 Å². The molecule has 0 bridgehead atoms. The maximum Gasteiger partial charge on any atom is 0.122 e. The van der Waals surface area contributed by atoms with Gasteiger partial charge in [0.25, 0.3) is 0 Å². The molecule has 6 rings (SSSR count). The summed E-state index contributed by atoms with van der Waals surface area (Å²) >= 11 is 0. The average molecular weight is 469 g/mol.